The molecule has 1 amide bonds. The molecule has 0 radical (unpaired) electrons. The molecule has 0 atom stereocenters. The summed E-state index contributed by atoms with van der Waals surface area (Å²) < 4.78 is 41.7. The molecule has 0 fully saturated rings. The molecule has 2 aromatic heterocycles. The summed E-state index contributed by atoms with van der Waals surface area (Å²) in [6.45, 7) is 7.00. The molecule has 0 bridgehead atoms. The molecule has 3 aromatic rings. The second-order valence-electron chi connectivity index (χ2n) is 7.26. The molecule has 2 heterocycles. The van der Waals surface area contributed by atoms with Crippen LogP contribution in [0.25, 0.3) is 16.9 Å². The third-order valence-electron chi connectivity index (χ3n) is 5.16. The first-order valence-corrected chi connectivity index (χ1v) is 10.4. The van der Waals surface area contributed by atoms with Gasteiger partial charge in [0.25, 0.3) is 11.6 Å². The Kier molecular flexibility index (Phi) is 7.26. The largest absolute Gasteiger partial charge is 0.433 e. The number of non-ortho nitro benzene ring substituents is 1. The van der Waals surface area contributed by atoms with Crippen LogP contribution in [0.15, 0.2) is 36.4 Å². The van der Waals surface area contributed by atoms with Crippen molar-refractivity contribution >= 4 is 17.2 Å². The minimum atomic E-state index is -4.76. The monoisotopic (exact) mass is 464 g/mol. The number of fused-ring (bicyclic) bond motifs is 1. The Morgan fingerprint density at radius 2 is 1.85 bits per heavy atom. The van der Waals surface area contributed by atoms with Gasteiger partial charge < -0.3 is 10.2 Å². The molecule has 1 aromatic carbocycles. The number of benzene rings is 1. The van der Waals surface area contributed by atoms with Gasteiger partial charge in [0.05, 0.1) is 10.6 Å². The van der Waals surface area contributed by atoms with Gasteiger partial charge in [0.2, 0.25) is 0 Å². The zero-order valence-corrected chi connectivity index (χ0v) is 18.1. The van der Waals surface area contributed by atoms with E-state index >= 15 is 0 Å². The third-order valence-corrected chi connectivity index (χ3v) is 5.16. The van der Waals surface area contributed by atoms with Crippen molar-refractivity contribution in [1.82, 2.24) is 24.8 Å². The summed E-state index contributed by atoms with van der Waals surface area (Å²) in [6.07, 6.45) is -4.07. The van der Waals surface area contributed by atoms with Gasteiger partial charge in [-0.1, -0.05) is 13.8 Å². The number of carbonyl (C=O) groups is 1. The van der Waals surface area contributed by atoms with Crippen molar-refractivity contribution < 1.29 is 22.9 Å². The fraction of sp³-hybridized carbons (Fsp3) is 0.381. The van der Waals surface area contributed by atoms with Gasteiger partial charge in [0, 0.05) is 30.3 Å². The minimum absolute atomic E-state index is 0.0456. The molecule has 0 saturated carbocycles. The Balaban J connectivity index is 1.88. The van der Waals surface area contributed by atoms with Crippen LogP contribution >= 0.6 is 0 Å². The first-order chi connectivity index (χ1) is 15.6. The summed E-state index contributed by atoms with van der Waals surface area (Å²) in [7, 11) is 0. The summed E-state index contributed by atoms with van der Waals surface area (Å²) in [5.41, 5.74) is -1.43. The summed E-state index contributed by atoms with van der Waals surface area (Å²) in [5, 5.41) is 17.3. The van der Waals surface area contributed by atoms with Crippen LogP contribution in [0, 0.1) is 10.1 Å². The Morgan fingerprint density at radius 1 is 1.18 bits per heavy atom. The number of halogens is 3. The van der Waals surface area contributed by atoms with E-state index in [1.54, 1.807) is 0 Å². The molecule has 3 rings (SSSR count). The van der Waals surface area contributed by atoms with Crippen LogP contribution in [0.1, 0.15) is 36.5 Å². The number of nitrogens with one attached hydrogen (secondary N) is 1. The van der Waals surface area contributed by atoms with Crippen LogP contribution in [0.5, 0.6) is 0 Å². The van der Waals surface area contributed by atoms with Crippen molar-refractivity contribution in [2.24, 2.45) is 0 Å². The maximum Gasteiger partial charge on any atom is 0.433 e. The Hall–Kier alpha value is -3.54. The van der Waals surface area contributed by atoms with Crippen LogP contribution in [0.2, 0.25) is 0 Å². The van der Waals surface area contributed by atoms with E-state index in [0.717, 1.165) is 25.7 Å². The number of nitro groups is 1. The summed E-state index contributed by atoms with van der Waals surface area (Å²) >= 11 is 0. The van der Waals surface area contributed by atoms with E-state index in [2.05, 4.69) is 20.3 Å². The molecule has 0 unspecified atom stereocenters. The molecule has 0 spiro atoms. The molecule has 12 heteroatoms. The highest BCUT2D eigenvalue weighted by Gasteiger charge is 2.35. The summed E-state index contributed by atoms with van der Waals surface area (Å²) in [5.74, 6) is -0.593. The molecule has 0 saturated heterocycles. The quantitative estimate of drug-likeness (QED) is 0.294. The van der Waals surface area contributed by atoms with E-state index in [-0.39, 0.29) is 28.3 Å². The topological polar surface area (TPSA) is 106 Å². The van der Waals surface area contributed by atoms with Gasteiger partial charge in [-0.25, -0.2) is 9.50 Å². The average Bonchev–Trinajstić information content (AvgIpc) is 3.22. The van der Waals surface area contributed by atoms with Crippen molar-refractivity contribution in [3.8, 4) is 11.3 Å². The molecular weight excluding hydrogens is 441 g/mol. The minimum Gasteiger partial charge on any atom is -0.351 e. The smallest absolute Gasteiger partial charge is 0.351 e. The van der Waals surface area contributed by atoms with Crippen molar-refractivity contribution in [3.63, 3.8) is 0 Å². The van der Waals surface area contributed by atoms with Crippen LogP contribution in [-0.2, 0) is 6.18 Å². The van der Waals surface area contributed by atoms with Crippen LogP contribution in [-0.4, -0.2) is 56.5 Å². The molecule has 0 aliphatic rings. The Labute approximate surface area is 187 Å². The number of carbonyl (C=O) groups excluding carboxylic acids is 1. The lowest BCUT2D eigenvalue weighted by Crippen LogP contribution is -2.30. The SMILES string of the molecule is CCN(CC)CCCNC(=O)c1cc2nc(-c3ccc([N+](=O)[O-])cc3)cc(C(F)(F)F)n2n1. The van der Waals surface area contributed by atoms with E-state index in [1.165, 1.54) is 30.3 Å². The van der Waals surface area contributed by atoms with E-state index in [1.807, 2.05) is 13.8 Å². The van der Waals surface area contributed by atoms with Crippen molar-refractivity contribution in [2.75, 3.05) is 26.2 Å². The molecule has 176 valence electrons. The third kappa shape index (κ3) is 5.64. The number of rotatable bonds is 9. The van der Waals surface area contributed by atoms with Crippen molar-refractivity contribution in [3.05, 3.63) is 57.9 Å². The van der Waals surface area contributed by atoms with Crippen molar-refractivity contribution in [1.29, 1.82) is 0 Å². The maximum atomic E-state index is 13.7. The molecular formula is C21H23F3N6O3. The zero-order chi connectivity index (χ0) is 24.2. The van der Waals surface area contributed by atoms with Gasteiger partial charge in [-0.05, 0) is 44.3 Å². The normalized spacial score (nSPS) is 11.8. The molecule has 0 aliphatic carbocycles. The zero-order valence-electron chi connectivity index (χ0n) is 18.1. The van der Waals surface area contributed by atoms with Gasteiger partial charge in [-0.2, -0.15) is 18.3 Å². The van der Waals surface area contributed by atoms with E-state index in [9.17, 15) is 28.1 Å². The fourth-order valence-corrected chi connectivity index (χ4v) is 3.32. The highest BCUT2D eigenvalue weighted by Crippen LogP contribution is 2.32. The Morgan fingerprint density at radius 3 is 2.42 bits per heavy atom. The lowest BCUT2D eigenvalue weighted by atomic mass is 10.1. The average molecular weight is 464 g/mol. The highest BCUT2D eigenvalue weighted by atomic mass is 19.4. The van der Waals surface area contributed by atoms with E-state index in [0.29, 0.717) is 17.5 Å². The van der Waals surface area contributed by atoms with Gasteiger partial charge in [-0.15, -0.1) is 0 Å². The van der Waals surface area contributed by atoms with Crippen molar-refractivity contribution in [2.45, 2.75) is 26.4 Å². The molecule has 1 N–H and O–H groups in total. The van der Waals surface area contributed by atoms with Gasteiger partial charge in [-0.3, -0.25) is 14.9 Å². The Bertz CT molecular complexity index is 1140. The second kappa shape index (κ2) is 9.94. The predicted molar refractivity (Wildman–Crippen MR) is 115 cm³/mol. The van der Waals surface area contributed by atoms with Crippen LogP contribution in [0.3, 0.4) is 0 Å². The summed E-state index contributed by atoms with van der Waals surface area (Å²) in [4.78, 5) is 29.0. The fourth-order valence-electron chi connectivity index (χ4n) is 3.32. The molecule has 9 nitrogen and oxygen atoms in total. The number of hydrogen-bond donors (Lipinski definition) is 1. The molecule has 33 heavy (non-hydrogen) atoms. The lowest BCUT2D eigenvalue weighted by Gasteiger charge is -2.17. The first kappa shape index (κ1) is 24.1. The van der Waals surface area contributed by atoms with Gasteiger partial charge in [0.15, 0.2) is 17.0 Å². The maximum absolute atomic E-state index is 13.7. The van der Waals surface area contributed by atoms with Gasteiger partial charge >= 0.3 is 6.18 Å². The highest BCUT2D eigenvalue weighted by molar-refractivity contribution is 5.93. The first-order valence-electron chi connectivity index (χ1n) is 10.4. The second-order valence-corrected chi connectivity index (χ2v) is 7.26. The van der Waals surface area contributed by atoms with E-state index in [4.69, 9.17) is 0 Å². The number of aromatic nitrogens is 3. The summed E-state index contributed by atoms with van der Waals surface area (Å²) in [6, 6.07) is 6.98. The standard InChI is InChI=1S/C21H23F3N6O3/c1-3-28(4-2)11-5-10-25-20(31)17-13-19-26-16(12-18(21(22,23)24)29(19)27-17)14-6-8-15(9-7-14)30(32)33/h6-9,12-13H,3-5,10-11H2,1-2H3,(H,25,31). The van der Waals surface area contributed by atoms with Crippen LogP contribution in [0.4, 0.5) is 18.9 Å². The number of nitro benzene ring substituents is 1. The number of amides is 1. The number of hydrogen-bond acceptors (Lipinski definition) is 6. The van der Waals surface area contributed by atoms with Crippen LogP contribution < -0.4 is 5.32 Å². The van der Waals surface area contributed by atoms with E-state index < -0.39 is 22.7 Å². The molecule has 0 aliphatic heterocycles. The lowest BCUT2D eigenvalue weighted by molar-refractivity contribution is -0.384. The van der Waals surface area contributed by atoms with Gasteiger partial charge in [0.1, 0.15) is 0 Å². The predicted octanol–water partition coefficient (Wildman–Crippen LogP) is 3.79. The number of alkyl halides is 3. The number of nitrogens with zero attached hydrogens (tertiary/aromatic N) is 5.